The quantitative estimate of drug-likeness (QED) is 0.635. The van der Waals surface area contributed by atoms with Crippen LogP contribution in [0.3, 0.4) is 0 Å². The van der Waals surface area contributed by atoms with Crippen molar-refractivity contribution in [2.45, 2.75) is 0 Å². The Balaban J connectivity index is 2.41. The zero-order valence-electron chi connectivity index (χ0n) is 11.6. The van der Waals surface area contributed by atoms with E-state index in [9.17, 15) is 10.1 Å². The van der Waals surface area contributed by atoms with E-state index in [1.165, 1.54) is 13.2 Å². The second-order valence-corrected chi connectivity index (χ2v) is 4.33. The number of nitrogens with zero attached hydrogens (tertiary/aromatic N) is 3. The third-order valence-electron chi connectivity index (χ3n) is 3.11. The summed E-state index contributed by atoms with van der Waals surface area (Å²) in [6.07, 6.45) is 0. The largest absolute Gasteiger partial charge is 0.490 e. The first-order valence-corrected chi connectivity index (χ1v) is 6.13. The third kappa shape index (κ3) is 2.92. The summed E-state index contributed by atoms with van der Waals surface area (Å²) in [5.41, 5.74) is 2.01. The molecule has 0 saturated carbocycles. The number of nitro benzene ring substituents is 1. The molecule has 0 aliphatic carbocycles. The maximum absolute atomic E-state index is 10.9. The van der Waals surface area contributed by atoms with Gasteiger partial charge in [-0.2, -0.15) is 5.26 Å². The lowest BCUT2D eigenvalue weighted by atomic mass is 10.2. The standard InChI is InChI=1S/C15H13N3O3/c1-17(12-5-3-4-11(8-12)10-16)13-6-7-14(18(19)20)15(9-13)21-2/h3-9H,1-2H3. The molecule has 106 valence electrons. The maximum Gasteiger partial charge on any atom is 0.311 e. The maximum atomic E-state index is 10.9. The Morgan fingerprint density at radius 2 is 1.95 bits per heavy atom. The fourth-order valence-electron chi connectivity index (χ4n) is 1.96. The van der Waals surface area contributed by atoms with Crippen molar-refractivity contribution in [3.63, 3.8) is 0 Å². The van der Waals surface area contributed by atoms with Crippen molar-refractivity contribution < 1.29 is 9.66 Å². The number of anilines is 2. The molecule has 6 heteroatoms. The summed E-state index contributed by atoms with van der Waals surface area (Å²) in [7, 11) is 3.21. The first-order chi connectivity index (χ1) is 10.1. The van der Waals surface area contributed by atoms with Crippen LogP contribution in [0.25, 0.3) is 0 Å². The van der Waals surface area contributed by atoms with E-state index in [0.29, 0.717) is 5.56 Å². The molecule has 0 spiro atoms. The average molecular weight is 283 g/mol. The van der Waals surface area contributed by atoms with Crippen LogP contribution in [0.15, 0.2) is 42.5 Å². The molecule has 2 rings (SSSR count). The average Bonchev–Trinajstić information content (AvgIpc) is 2.53. The van der Waals surface area contributed by atoms with Crippen LogP contribution in [0, 0.1) is 21.4 Å². The Morgan fingerprint density at radius 1 is 1.24 bits per heavy atom. The number of ether oxygens (including phenoxy) is 1. The smallest absolute Gasteiger partial charge is 0.311 e. The molecule has 0 atom stereocenters. The van der Waals surface area contributed by atoms with Crippen molar-refractivity contribution in [2.75, 3.05) is 19.1 Å². The number of nitro groups is 1. The lowest BCUT2D eigenvalue weighted by Gasteiger charge is -2.20. The normalized spacial score (nSPS) is 9.76. The minimum atomic E-state index is -0.487. The molecule has 0 amide bonds. The van der Waals surface area contributed by atoms with Crippen molar-refractivity contribution in [3.8, 4) is 11.8 Å². The molecular weight excluding hydrogens is 270 g/mol. The molecule has 0 radical (unpaired) electrons. The second kappa shape index (κ2) is 5.92. The Hall–Kier alpha value is -3.07. The minimum Gasteiger partial charge on any atom is -0.490 e. The van der Waals surface area contributed by atoms with E-state index in [1.807, 2.05) is 18.0 Å². The second-order valence-electron chi connectivity index (χ2n) is 4.33. The molecule has 0 aliphatic rings. The zero-order valence-corrected chi connectivity index (χ0v) is 11.6. The summed E-state index contributed by atoms with van der Waals surface area (Å²) in [6.45, 7) is 0. The van der Waals surface area contributed by atoms with Gasteiger partial charge < -0.3 is 9.64 Å². The van der Waals surface area contributed by atoms with Gasteiger partial charge >= 0.3 is 5.69 Å². The van der Waals surface area contributed by atoms with E-state index in [2.05, 4.69) is 6.07 Å². The van der Waals surface area contributed by atoms with E-state index in [0.717, 1.165) is 11.4 Å². The summed E-state index contributed by atoms with van der Waals surface area (Å²) in [4.78, 5) is 12.2. The first-order valence-electron chi connectivity index (χ1n) is 6.13. The van der Waals surface area contributed by atoms with Crippen molar-refractivity contribution in [3.05, 3.63) is 58.1 Å². The lowest BCUT2D eigenvalue weighted by molar-refractivity contribution is -0.385. The Labute approximate surface area is 122 Å². The van der Waals surface area contributed by atoms with Crippen LogP contribution >= 0.6 is 0 Å². The molecule has 2 aromatic carbocycles. The van der Waals surface area contributed by atoms with Gasteiger partial charge in [0, 0.05) is 30.6 Å². The van der Waals surface area contributed by atoms with Gasteiger partial charge in [-0.3, -0.25) is 10.1 Å². The molecule has 0 saturated heterocycles. The van der Waals surface area contributed by atoms with E-state index in [4.69, 9.17) is 10.00 Å². The highest BCUT2D eigenvalue weighted by atomic mass is 16.6. The summed E-state index contributed by atoms with van der Waals surface area (Å²) in [5, 5.41) is 19.8. The molecule has 6 nitrogen and oxygen atoms in total. The van der Waals surface area contributed by atoms with Crippen molar-refractivity contribution in [1.82, 2.24) is 0 Å². The Bertz CT molecular complexity index is 722. The Morgan fingerprint density at radius 3 is 2.57 bits per heavy atom. The van der Waals surface area contributed by atoms with Crippen LogP contribution in [0.2, 0.25) is 0 Å². The predicted octanol–water partition coefficient (Wildman–Crippen LogP) is 3.24. The van der Waals surface area contributed by atoms with Gasteiger partial charge in [-0.05, 0) is 24.3 Å². The molecule has 0 aliphatic heterocycles. The lowest BCUT2D eigenvalue weighted by Crippen LogP contribution is -2.10. The van der Waals surface area contributed by atoms with E-state index >= 15 is 0 Å². The molecule has 0 heterocycles. The van der Waals surface area contributed by atoms with Crippen LogP contribution in [0.4, 0.5) is 17.1 Å². The van der Waals surface area contributed by atoms with Gasteiger partial charge in [0.2, 0.25) is 0 Å². The fourth-order valence-corrected chi connectivity index (χ4v) is 1.96. The van der Waals surface area contributed by atoms with Crippen LogP contribution in [0.5, 0.6) is 5.75 Å². The molecule has 0 N–H and O–H groups in total. The summed E-state index contributed by atoms with van der Waals surface area (Å²) in [6, 6.07) is 13.8. The minimum absolute atomic E-state index is 0.0829. The molecule has 2 aromatic rings. The van der Waals surface area contributed by atoms with Crippen LogP contribution in [-0.4, -0.2) is 19.1 Å². The number of rotatable bonds is 4. The van der Waals surface area contributed by atoms with Crippen LogP contribution in [-0.2, 0) is 0 Å². The van der Waals surface area contributed by atoms with E-state index in [1.54, 1.807) is 30.3 Å². The van der Waals surface area contributed by atoms with Gasteiger partial charge in [0.05, 0.1) is 23.7 Å². The molecule has 0 fully saturated rings. The molecular formula is C15H13N3O3. The van der Waals surface area contributed by atoms with Crippen molar-refractivity contribution in [1.29, 1.82) is 5.26 Å². The zero-order chi connectivity index (χ0) is 15.4. The molecule has 0 bridgehead atoms. The number of hydrogen-bond donors (Lipinski definition) is 0. The summed E-state index contributed by atoms with van der Waals surface area (Å²) >= 11 is 0. The van der Waals surface area contributed by atoms with Gasteiger partial charge in [0.1, 0.15) is 0 Å². The van der Waals surface area contributed by atoms with Gasteiger partial charge in [0.15, 0.2) is 5.75 Å². The number of benzene rings is 2. The third-order valence-corrected chi connectivity index (χ3v) is 3.11. The van der Waals surface area contributed by atoms with E-state index in [-0.39, 0.29) is 11.4 Å². The van der Waals surface area contributed by atoms with Crippen molar-refractivity contribution >= 4 is 17.1 Å². The highest BCUT2D eigenvalue weighted by Gasteiger charge is 2.16. The van der Waals surface area contributed by atoms with Crippen LogP contribution < -0.4 is 9.64 Å². The number of hydrogen-bond acceptors (Lipinski definition) is 5. The highest BCUT2D eigenvalue weighted by Crippen LogP contribution is 2.33. The Kier molecular flexibility index (Phi) is 4.05. The monoisotopic (exact) mass is 283 g/mol. The fraction of sp³-hybridized carbons (Fsp3) is 0.133. The van der Waals surface area contributed by atoms with Gasteiger partial charge in [-0.1, -0.05) is 6.07 Å². The van der Waals surface area contributed by atoms with Gasteiger partial charge in [-0.25, -0.2) is 0 Å². The van der Waals surface area contributed by atoms with E-state index < -0.39 is 4.92 Å². The topological polar surface area (TPSA) is 79.4 Å². The molecule has 0 aromatic heterocycles. The summed E-state index contributed by atoms with van der Waals surface area (Å²) < 4.78 is 5.06. The molecule has 21 heavy (non-hydrogen) atoms. The number of nitriles is 1. The van der Waals surface area contributed by atoms with Crippen molar-refractivity contribution in [2.24, 2.45) is 0 Å². The van der Waals surface area contributed by atoms with Gasteiger partial charge in [-0.15, -0.1) is 0 Å². The number of methoxy groups -OCH3 is 1. The molecule has 0 unspecified atom stereocenters. The highest BCUT2D eigenvalue weighted by molar-refractivity contribution is 5.68. The van der Waals surface area contributed by atoms with Gasteiger partial charge in [0.25, 0.3) is 0 Å². The predicted molar refractivity (Wildman–Crippen MR) is 78.9 cm³/mol. The summed E-state index contributed by atoms with van der Waals surface area (Å²) in [5.74, 6) is 0.195. The SMILES string of the molecule is COc1cc(N(C)c2cccc(C#N)c2)ccc1[N+](=O)[O-]. The first kappa shape index (κ1) is 14.3. The van der Waals surface area contributed by atoms with Crippen LogP contribution in [0.1, 0.15) is 5.56 Å².